The smallest absolute Gasteiger partial charge is 0.263 e. The van der Waals surface area contributed by atoms with E-state index in [1.54, 1.807) is 6.20 Å². The Balaban J connectivity index is 2.28. The Morgan fingerprint density at radius 3 is 2.79 bits per heavy atom. The zero-order valence-electron chi connectivity index (χ0n) is 11.6. The zero-order valence-corrected chi connectivity index (χ0v) is 12.5. The molecule has 0 saturated heterocycles. The van der Waals surface area contributed by atoms with Gasteiger partial charge in [-0.05, 0) is 20.3 Å². The van der Waals surface area contributed by atoms with Gasteiger partial charge in [0.25, 0.3) is 5.91 Å². The summed E-state index contributed by atoms with van der Waals surface area (Å²) in [5.41, 5.74) is 3.03. The summed E-state index contributed by atoms with van der Waals surface area (Å²) in [5, 5.41) is 8.08. The van der Waals surface area contributed by atoms with Crippen LogP contribution in [0.1, 0.15) is 34.4 Å². The van der Waals surface area contributed by atoms with Gasteiger partial charge >= 0.3 is 0 Å². The lowest BCUT2D eigenvalue weighted by Gasteiger charge is -1.99. The molecule has 2 rings (SSSR count). The van der Waals surface area contributed by atoms with Crippen LogP contribution in [0.4, 0.5) is 0 Å². The molecule has 2 heterocycles. The molecule has 6 heteroatoms. The molecule has 0 radical (unpaired) electrons. The maximum Gasteiger partial charge on any atom is 0.263 e. The highest BCUT2D eigenvalue weighted by atomic mass is 32.1. The molecule has 0 spiro atoms. The van der Waals surface area contributed by atoms with Crippen molar-refractivity contribution in [3.05, 3.63) is 22.5 Å². The van der Waals surface area contributed by atoms with Gasteiger partial charge in [-0.3, -0.25) is 9.48 Å². The summed E-state index contributed by atoms with van der Waals surface area (Å²) in [7, 11) is 1.91. The number of hydrogen-bond acceptors (Lipinski definition) is 4. The summed E-state index contributed by atoms with van der Waals surface area (Å²) in [6, 6.07) is 0. The fourth-order valence-corrected chi connectivity index (χ4v) is 2.88. The van der Waals surface area contributed by atoms with Gasteiger partial charge in [0.15, 0.2) is 0 Å². The predicted octanol–water partition coefficient (Wildman–Crippen LogP) is 2.30. The van der Waals surface area contributed by atoms with E-state index in [-0.39, 0.29) is 5.91 Å². The normalized spacial score (nSPS) is 10.7. The number of carbonyl (C=O) groups excluding carboxylic acids is 1. The number of rotatable bonds is 4. The second kappa shape index (κ2) is 5.52. The van der Waals surface area contributed by atoms with Crippen molar-refractivity contribution in [3.63, 3.8) is 0 Å². The minimum absolute atomic E-state index is 0.0511. The molecule has 1 amide bonds. The molecule has 102 valence electrons. The molecule has 1 N–H and O–H groups in total. The van der Waals surface area contributed by atoms with Crippen molar-refractivity contribution < 1.29 is 4.79 Å². The number of hydrogen-bond donors (Lipinski definition) is 1. The van der Waals surface area contributed by atoms with E-state index in [0.717, 1.165) is 28.4 Å². The maximum absolute atomic E-state index is 11.9. The maximum atomic E-state index is 11.9. The molecule has 0 fully saturated rings. The van der Waals surface area contributed by atoms with Crippen molar-refractivity contribution >= 4 is 17.2 Å². The van der Waals surface area contributed by atoms with Crippen LogP contribution >= 0.6 is 11.3 Å². The second-order valence-corrected chi connectivity index (χ2v) is 5.49. The third-order valence-electron chi connectivity index (χ3n) is 2.99. The van der Waals surface area contributed by atoms with Crippen molar-refractivity contribution in [2.75, 3.05) is 6.54 Å². The zero-order chi connectivity index (χ0) is 14.0. The first-order valence-corrected chi connectivity index (χ1v) is 7.10. The van der Waals surface area contributed by atoms with Crippen LogP contribution in [0.25, 0.3) is 10.6 Å². The highest BCUT2D eigenvalue weighted by Gasteiger charge is 2.17. The van der Waals surface area contributed by atoms with E-state index >= 15 is 0 Å². The molecule has 2 aromatic rings. The molecular formula is C13H18N4OS. The van der Waals surface area contributed by atoms with Gasteiger partial charge in [0.2, 0.25) is 0 Å². The van der Waals surface area contributed by atoms with Gasteiger partial charge in [0.05, 0.1) is 17.5 Å². The van der Waals surface area contributed by atoms with Crippen LogP contribution in [0.15, 0.2) is 6.20 Å². The van der Waals surface area contributed by atoms with E-state index < -0.39 is 0 Å². The average molecular weight is 278 g/mol. The molecule has 5 nitrogen and oxygen atoms in total. The first-order chi connectivity index (χ1) is 9.04. The third-order valence-corrected chi connectivity index (χ3v) is 4.00. The van der Waals surface area contributed by atoms with E-state index in [0.29, 0.717) is 11.4 Å². The topological polar surface area (TPSA) is 59.8 Å². The molecule has 0 aliphatic heterocycles. The lowest BCUT2D eigenvalue weighted by Crippen LogP contribution is -2.22. The average Bonchev–Trinajstić information content (AvgIpc) is 2.93. The van der Waals surface area contributed by atoms with Gasteiger partial charge in [-0.15, -0.1) is 11.3 Å². The summed E-state index contributed by atoms with van der Waals surface area (Å²) in [4.78, 5) is 16.9. The first-order valence-electron chi connectivity index (χ1n) is 6.29. The quantitative estimate of drug-likeness (QED) is 0.933. The van der Waals surface area contributed by atoms with Crippen LogP contribution in [0.5, 0.6) is 0 Å². The Bertz CT molecular complexity index is 600. The monoisotopic (exact) mass is 278 g/mol. The van der Waals surface area contributed by atoms with E-state index in [2.05, 4.69) is 15.4 Å². The van der Waals surface area contributed by atoms with Gasteiger partial charge in [-0.2, -0.15) is 5.10 Å². The summed E-state index contributed by atoms with van der Waals surface area (Å²) < 4.78 is 1.84. The van der Waals surface area contributed by atoms with Crippen molar-refractivity contribution in [2.24, 2.45) is 7.05 Å². The van der Waals surface area contributed by atoms with Crippen molar-refractivity contribution in [1.29, 1.82) is 0 Å². The van der Waals surface area contributed by atoms with Gasteiger partial charge < -0.3 is 5.32 Å². The molecule has 0 saturated carbocycles. The van der Waals surface area contributed by atoms with Gasteiger partial charge in [-0.1, -0.05) is 6.92 Å². The summed E-state index contributed by atoms with van der Waals surface area (Å²) in [6.07, 6.45) is 2.56. The standard InChI is InChI=1S/C13H18N4OS/c1-5-6-14-12(18)10-7-15-13(19-10)11-8(2)16-17(4)9(11)3/h7H,5-6H2,1-4H3,(H,14,18). The Hall–Kier alpha value is -1.69. The summed E-state index contributed by atoms with van der Waals surface area (Å²) in [6.45, 7) is 6.69. The Morgan fingerprint density at radius 1 is 1.47 bits per heavy atom. The Labute approximate surface area is 116 Å². The highest BCUT2D eigenvalue weighted by molar-refractivity contribution is 7.16. The molecule has 0 bridgehead atoms. The summed E-state index contributed by atoms with van der Waals surface area (Å²) >= 11 is 1.41. The van der Waals surface area contributed by atoms with Gasteiger partial charge in [0, 0.05) is 19.3 Å². The van der Waals surface area contributed by atoms with E-state index in [1.165, 1.54) is 11.3 Å². The largest absolute Gasteiger partial charge is 0.351 e. The molecule has 2 aromatic heterocycles. The molecule has 0 aromatic carbocycles. The number of carbonyl (C=O) groups is 1. The lowest BCUT2D eigenvalue weighted by atomic mass is 10.2. The molecule has 0 unspecified atom stereocenters. The van der Waals surface area contributed by atoms with Crippen LogP contribution in [-0.2, 0) is 7.05 Å². The van der Waals surface area contributed by atoms with E-state index in [4.69, 9.17) is 0 Å². The number of aromatic nitrogens is 3. The van der Waals surface area contributed by atoms with Gasteiger partial charge in [0.1, 0.15) is 9.88 Å². The Morgan fingerprint density at radius 2 is 2.21 bits per heavy atom. The van der Waals surface area contributed by atoms with E-state index in [9.17, 15) is 4.79 Å². The van der Waals surface area contributed by atoms with Crippen molar-refractivity contribution in [3.8, 4) is 10.6 Å². The summed E-state index contributed by atoms with van der Waals surface area (Å²) in [5.74, 6) is -0.0511. The number of amides is 1. The van der Waals surface area contributed by atoms with Crippen LogP contribution < -0.4 is 5.32 Å². The number of thiazole rings is 1. The van der Waals surface area contributed by atoms with Crippen molar-refractivity contribution in [2.45, 2.75) is 27.2 Å². The Kier molecular flexibility index (Phi) is 3.99. The fraction of sp³-hybridized carbons (Fsp3) is 0.462. The predicted molar refractivity (Wildman–Crippen MR) is 76.4 cm³/mol. The number of aryl methyl sites for hydroxylation is 2. The fourth-order valence-electron chi connectivity index (χ4n) is 1.90. The van der Waals surface area contributed by atoms with Crippen molar-refractivity contribution in [1.82, 2.24) is 20.1 Å². The van der Waals surface area contributed by atoms with Crippen LogP contribution in [0, 0.1) is 13.8 Å². The molecule has 19 heavy (non-hydrogen) atoms. The lowest BCUT2D eigenvalue weighted by molar-refractivity contribution is 0.0957. The first kappa shape index (κ1) is 13.7. The second-order valence-electron chi connectivity index (χ2n) is 4.45. The van der Waals surface area contributed by atoms with E-state index in [1.807, 2.05) is 32.5 Å². The van der Waals surface area contributed by atoms with Crippen LogP contribution in [0.3, 0.4) is 0 Å². The molecule has 0 aliphatic rings. The number of nitrogens with one attached hydrogen (secondary N) is 1. The molecule has 0 atom stereocenters. The van der Waals surface area contributed by atoms with Crippen LogP contribution in [-0.4, -0.2) is 27.2 Å². The molecule has 0 aliphatic carbocycles. The highest BCUT2D eigenvalue weighted by Crippen LogP contribution is 2.30. The minimum Gasteiger partial charge on any atom is -0.351 e. The third kappa shape index (κ3) is 2.68. The van der Waals surface area contributed by atoms with Crippen LogP contribution in [0.2, 0.25) is 0 Å². The molecular weight excluding hydrogens is 260 g/mol. The van der Waals surface area contributed by atoms with Gasteiger partial charge in [-0.25, -0.2) is 4.98 Å². The number of nitrogens with zero attached hydrogens (tertiary/aromatic N) is 3. The SMILES string of the molecule is CCCNC(=O)c1cnc(-c2c(C)nn(C)c2C)s1. The minimum atomic E-state index is -0.0511.